The lowest BCUT2D eigenvalue weighted by Gasteiger charge is -2.19. The molecule has 0 radical (unpaired) electrons. The highest BCUT2D eigenvalue weighted by molar-refractivity contribution is 5.93. The molecule has 0 heterocycles. The molecule has 0 aliphatic carbocycles. The van der Waals surface area contributed by atoms with Crippen LogP contribution in [-0.2, 0) is 4.79 Å². The normalized spacial score (nSPS) is 12.7. The van der Waals surface area contributed by atoms with E-state index in [9.17, 15) is 18.0 Å². The first-order valence-corrected chi connectivity index (χ1v) is 6.68. The van der Waals surface area contributed by atoms with Gasteiger partial charge in [-0.05, 0) is 45.0 Å². The third-order valence-corrected chi connectivity index (χ3v) is 2.27. The monoisotopic (exact) mass is 332 g/mol. The summed E-state index contributed by atoms with van der Waals surface area (Å²) in [5, 5.41) is 5.38. The molecule has 0 atom stereocenters. The van der Waals surface area contributed by atoms with Crippen molar-refractivity contribution in [1.29, 1.82) is 0 Å². The molecule has 0 saturated heterocycles. The number of hydrogen-bond donors (Lipinski definition) is 3. The topological polar surface area (TPSA) is 88.7 Å². The molecule has 23 heavy (non-hydrogen) atoms. The van der Waals surface area contributed by atoms with E-state index in [-0.39, 0.29) is 29.7 Å². The first-order chi connectivity index (χ1) is 10.4. The number of alkyl halides is 3. The fourth-order valence-corrected chi connectivity index (χ4v) is 1.54. The third kappa shape index (κ3) is 8.54. The van der Waals surface area contributed by atoms with Crippen molar-refractivity contribution in [2.75, 3.05) is 11.9 Å². The molecule has 0 bridgehead atoms. The van der Waals surface area contributed by atoms with Crippen LogP contribution in [0.15, 0.2) is 29.3 Å². The van der Waals surface area contributed by atoms with Crippen LogP contribution in [0.5, 0.6) is 5.75 Å². The lowest BCUT2D eigenvalue weighted by molar-refractivity contribution is -0.274. The minimum absolute atomic E-state index is 0.0291. The summed E-state index contributed by atoms with van der Waals surface area (Å²) in [6.45, 7) is 5.34. The summed E-state index contributed by atoms with van der Waals surface area (Å²) in [7, 11) is 0. The van der Waals surface area contributed by atoms with E-state index in [4.69, 9.17) is 5.73 Å². The van der Waals surface area contributed by atoms with Crippen LogP contribution in [0.3, 0.4) is 0 Å². The molecule has 9 heteroatoms. The number of guanidine groups is 1. The summed E-state index contributed by atoms with van der Waals surface area (Å²) in [6, 6.07) is 4.96. The van der Waals surface area contributed by atoms with Gasteiger partial charge in [-0.3, -0.25) is 4.79 Å². The number of hydrogen-bond acceptors (Lipinski definition) is 3. The van der Waals surface area contributed by atoms with Crippen molar-refractivity contribution in [1.82, 2.24) is 5.32 Å². The van der Waals surface area contributed by atoms with Gasteiger partial charge in [-0.1, -0.05) is 0 Å². The molecule has 1 amide bonds. The van der Waals surface area contributed by atoms with Crippen LogP contribution >= 0.6 is 0 Å². The number of rotatable bonds is 4. The minimum Gasteiger partial charge on any atom is -0.406 e. The number of carbonyl (C=O) groups is 1. The van der Waals surface area contributed by atoms with Gasteiger partial charge in [0.15, 0.2) is 5.96 Å². The lowest BCUT2D eigenvalue weighted by Crippen LogP contribution is -2.42. The second-order valence-corrected chi connectivity index (χ2v) is 5.70. The second kappa shape index (κ2) is 7.21. The van der Waals surface area contributed by atoms with Crippen molar-refractivity contribution < 1.29 is 22.7 Å². The number of amides is 1. The number of nitrogens with one attached hydrogen (secondary N) is 2. The maximum Gasteiger partial charge on any atom is 0.573 e. The maximum atomic E-state index is 12.0. The maximum absolute atomic E-state index is 12.0. The van der Waals surface area contributed by atoms with Crippen LogP contribution in [0.4, 0.5) is 18.9 Å². The van der Waals surface area contributed by atoms with E-state index >= 15 is 0 Å². The fourth-order valence-electron chi connectivity index (χ4n) is 1.54. The van der Waals surface area contributed by atoms with Crippen molar-refractivity contribution in [2.45, 2.75) is 32.7 Å². The zero-order valence-corrected chi connectivity index (χ0v) is 13.0. The van der Waals surface area contributed by atoms with Gasteiger partial charge in [0.05, 0.1) is 0 Å². The van der Waals surface area contributed by atoms with Gasteiger partial charge in [-0.25, -0.2) is 4.99 Å². The molecule has 0 fully saturated rings. The smallest absolute Gasteiger partial charge is 0.406 e. The largest absolute Gasteiger partial charge is 0.573 e. The summed E-state index contributed by atoms with van der Waals surface area (Å²) in [4.78, 5) is 15.4. The van der Waals surface area contributed by atoms with Crippen LogP contribution in [0.25, 0.3) is 0 Å². The van der Waals surface area contributed by atoms with Gasteiger partial charge in [-0.15, -0.1) is 13.2 Å². The summed E-state index contributed by atoms with van der Waals surface area (Å²) in [5.74, 6) is -0.669. The SMILES string of the molecule is CC(C)(C)NC(=O)CN=C(N)Nc1ccc(OC(F)(F)F)cc1. The zero-order chi connectivity index (χ0) is 17.7. The molecule has 0 aromatic heterocycles. The van der Waals surface area contributed by atoms with Gasteiger partial charge < -0.3 is 21.1 Å². The van der Waals surface area contributed by atoms with E-state index in [1.54, 1.807) is 0 Å². The first kappa shape index (κ1) is 18.6. The Bertz CT molecular complexity index is 563. The fraction of sp³-hybridized carbons (Fsp3) is 0.429. The Morgan fingerprint density at radius 2 is 1.78 bits per heavy atom. The zero-order valence-electron chi connectivity index (χ0n) is 13.0. The molecule has 1 aromatic rings. The number of benzene rings is 1. The van der Waals surface area contributed by atoms with E-state index in [1.807, 2.05) is 20.8 Å². The molecular formula is C14H19F3N4O2. The highest BCUT2D eigenvalue weighted by Gasteiger charge is 2.30. The number of nitrogens with two attached hydrogens (primary N) is 1. The number of halogens is 3. The minimum atomic E-state index is -4.74. The Labute approximate surface area is 131 Å². The Hall–Kier alpha value is -2.45. The summed E-state index contributed by atoms with van der Waals surface area (Å²) in [6.07, 6.45) is -4.74. The second-order valence-electron chi connectivity index (χ2n) is 5.70. The van der Waals surface area contributed by atoms with Gasteiger partial charge in [-0.2, -0.15) is 0 Å². The van der Waals surface area contributed by atoms with Crippen LogP contribution in [0.2, 0.25) is 0 Å². The van der Waals surface area contributed by atoms with Crippen LogP contribution < -0.4 is 21.1 Å². The van der Waals surface area contributed by atoms with E-state index in [0.717, 1.165) is 12.1 Å². The van der Waals surface area contributed by atoms with Gasteiger partial charge in [0.25, 0.3) is 0 Å². The molecule has 6 nitrogen and oxygen atoms in total. The van der Waals surface area contributed by atoms with E-state index in [2.05, 4.69) is 20.4 Å². The van der Waals surface area contributed by atoms with E-state index < -0.39 is 6.36 Å². The molecule has 1 rings (SSSR count). The molecule has 0 aliphatic rings. The molecule has 4 N–H and O–H groups in total. The molecule has 1 aromatic carbocycles. The average molecular weight is 332 g/mol. The number of aliphatic imine (C=N–C) groups is 1. The quantitative estimate of drug-likeness (QED) is 0.583. The Morgan fingerprint density at radius 1 is 1.22 bits per heavy atom. The van der Waals surface area contributed by atoms with Crippen molar-refractivity contribution in [2.24, 2.45) is 10.7 Å². The predicted octanol–water partition coefficient (Wildman–Crippen LogP) is 2.23. The highest BCUT2D eigenvalue weighted by Crippen LogP contribution is 2.23. The highest BCUT2D eigenvalue weighted by atomic mass is 19.4. The standard InChI is InChI=1S/C14H19F3N4O2/c1-13(2,3)21-11(22)8-19-12(18)20-9-4-6-10(7-5-9)23-14(15,16)17/h4-7H,8H2,1-3H3,(H,21,22)(H3,18,19,20). The molecule has 0 saturated carbocycles. The predicted molar refractivity (Wildman–Crippen MR) is 81.1 cm³/mol. The average Bonchev–Trinajstić information content (AvgIpc) is 2.35. The first-order valence-electron chi connectivity index (χ1n) is 6.68. The van der Waals surface area contributed by atoms with Gasteiger partial charge in [0.2, 0.25) is 5.91 Å². The van der Waals surface area contributed by atoms with Crippen molar-refractivity contribution in [3.8, 4) is 5.75 Å². The Kier molecular flexibility index (Phi) is 5.83. The molecule has 128 valence electrons. The molecule has 0 unspecified atom stereocenters. The number of anilines is 1. The summed E-state index contributed by atoms with van der Waals surface area (Å²) >= 11 is 0. The van der Waals surface area contributed by atoms with E-state index in [0.29, 0.717) is 5.69 Å². The van der Waals surface area contributed by atoms with Gasteiger partial charge in [0, 0.05) is 11.2 Å². The number of nitrogens with zero attached hydrogens (tertiary/aromatic N) is 1. The Morgan fingerprint density at radius 3 is 2.26 bits per heavy atom. The summed E-state index contributed by atoms with van der Waals surface area (Å²) < 4.78 is 39.8. The summed E-state index contributed by atoms with van der Waals surface area (Å²) in [5.41, 5.74) is 5.65. The Balaban J connectivity index is 2.55. The molecule has 0 aliphatic heterocycles. The van der Waals surface area contributed by atoms with Gasteiger partial charge in [0.1, 0.15) is 12.3 Å². The van der Waals surface area contributed by atoms with E-state index in [1.165, 1.54) is 12.1 Å². The van der Waals surface area contributed by atoms with Crippen molar-refractivity contribution >= 4 is 17.6 Å². The van der Waals surface area contributed by atoms with Crippen LogP contribution in [0, 0.1) is 0 Å². The lowest BCUT2D eigenvalue weighted by atomic mass is 10.1. The van der Waals surface area contributed by atoms with Crippen molar-refractivity contribution in [3.63, 3.8) is 0 Å². The van der Waals surface area contributed by atoms with Crippen LogP contribution in [-0.4, -0.2) is 30.3 Å². The molecular weight excluding hydrogens is 313 g/mol. The number of ether oxygens (including phenoxy) is 1. The van der Waals surface area contributed by atoms with Gasteiger partial charge >= 0.3 is 6.36 Å². The number of carbonyl (C=O) groups excluding carboxylic acids is 1. The third-order valence-electron chi connectivity index (χ3n) is 2.27. The van der Waals surface area contributed by atoms with Crippen molar-refractivity contribution in [3.05, 3.63) is 24.3 Å². The van der Waals surface area contributed by atoms with Crippen LogP contribution in [0.1, 0.15) is 20.8 Å². The molecule has 0 spiro atoms.